The quantitative estimate of drug-likeness (QED) is 0.723. The van der Waals surface area contributed by atoms with Crippen LogP contribution in [-0.2, 0) is 10.0 Å². The lowest BCUT2D eigenvalue weighted by Crippen LogP contribution is -2.27. The van der Waals surface area contributed by atoms with E-state index >= 15 is 0 Å². The van der Waals surface area contributed by atoms with E-state index in [4.69, 9.17) is 5.73 Å². The molecule has 6 nitrogen and oxygen atoms in total. The van der Waals surface area contributed by atoms with Crippen molar-refractivity contribution in [3.63, 3.8) is 0 Å². The predicted octanol–water partition coefficient (Wildman–Crippen LogP) is 1.93. The summed E-state index contributed by atoms with van der Waals surface area (Å²) in [6.07, 6.45) is 3.04. The maximum absolute atomic E-state index is 13.8. The fourth-order valence-corrected chi connectivity index (χ4v) is 3.25. The Balaban J connectivity index is 2.34. The highest BCUT2D eigenvalue weighted by Gasteiger charge is 2.23. The molecule has 0 aliphatic carbocycles. The first-order valence-corrected chi connectivity index (χ1v) is 7.84. The minimum atomic E-state index is -4.02. The summed E-state index contributed by atoms with van der Waals surface area (Å²) >= 11 is 3.04. The number of nitrogens with one attached hydrogen (secondary N) is 2. The van der Waals surface area contributed by atoms with Crippen LogP contribution < -0.4 is 10.5 Å². The van der Waals surface area contributed by atoms with E-state index in [2.05, 4.69) is 30.8 Å². The molecular weight excluding hydrogens is 351 g/mol. The molecule has 9 heteroatoms. The molecule has 2 rings (SSSR count). The zero-order chi connectivity index (χ0) is 14.9. The summed E-state index contributed by atoms with van der Waals surface area (Å²) in [5.74, 6) is -0.877. The average Bonchev–Trinajstić information content (AvgIpc) is 2.86. The summed E-state index contributed by atoms with van der Waals surface area (Å²) in [7, 11) is -4.02. The zero-order valence-electron chi connectivity index (χ0n) is 10.4. The SMILES string of the molecule is CC(NS(=O)(=O)c1cc(N)c(Br)cc1F)c1cn[nH]c1. The second-order valence-electron chi connectivity index (χ2n) is 4.18. The van der Waals surface area contributed by atoms with Crippen molar-refractivity contribution >= 4 is 31.6 Å². The van der Waals surface area contributed by atoms with E-state index in [0.29, 0.717) is 10.0 Å². The van der Waals surface area contributed by atoms with Gasteiger partial charge in [-0.2, -0.15) is 5.10 Å². The molecule has 20 heavy (non-hydrogen) atoms. The van der Waals surface area contributed by atoms with Crippen LogP contribution in [-0.4, -0.2) is 18.6 Å². The van der Waals surface area contributed by atoms with Gasteiger partial charge in [-0.1, -0.05) is 0 Å². The van der Waals surface area contributed by atoms with Gasteiger partial charge in [0, 0.05) is 28.0 Å². The largest absolute Gasteiger partial charge is 0.398 e. The second kappa shape index (κ2) is 5.51. The maximum Gasteiger partial charge on any atom is 0.244 e. The molecule has 2 aromatic rings. The number of aromatic amines is 1. The van der Waals surface area contributed by atoms with E-state index in [1.807, 2.05) is 0 Å². The van der Waals surface area contributed by atoms with Crippen molar-refractivity contribution in [3.8, 4) is 0 Å². The number of aromatic nitrogens is 2. The Morgan fingerprint density at radius 2 is 2.20 bits per heavy atom. The van der Waals surface area contributed by atoms with E-state index in [1.165, 1.54) is 6.20 Å². The number of nitrogens with zero attached hydrogens (tertiary/aromatic N) is 1. The van der Waals surface area contributed by atoms with Crippen LogP contribution in [0.25, 0.3) is 0 Å². The third-order valence-corrected chi connectivity index (χ3v) is 4.93. The number of hydrogen-bond acceptors (Lipinski definition) is 4. The molecule has 0 spiro atoms. The minimum Gasteiger partial charge on any atom is -0.398 e. The van der Waals surface area contributed by atoms with E-state index in [1.54, 1.807) is 13.1 Å². The van der Waals surface area contributed by atoms with Gasteiger partial charge in [-0.25, -0.2) is 17.5 Å². The summed E-state index contributed by atoms with van der Waals surface area (Å²) < 4.78 is 40.8. The third-order valence-electron chi connectivity index (χ3n) is 2.69. The Kier molecular flexibility index (Phi) is 4.11. The maximum atomic E-state index is 13.8. The molecule has 4 N–H and O–H groups in total. The highest BCUT2D eigenvalue weighted by molar-refractivity contribution is 9.10. The van der Waals surface area contributed by atoms with Crippen LogP contribution >= 0.6 is 15.9 Å². The molecule has 0 amide bonds. The van der Waals surface area contributed by atoms with E-state index < -0.39 is 26.8 Å². The van der Waals surface area contributed by atoms with Gasteiger partial charge < -0.3 is 5.73 Å². The zero-order valence-corrected chi connectivity index (χ0v) is 12.8. The van der Waals surface area contributed by atoms with Crippen LogP contribution in [0, 0.1) is 5.82 Å². The molecule has 108 valence electrons. The molecule has 0 radical (unpaired) electrons. The summed E-state index contributed by atoms with van der Waals surface area (Å²) in [4.78, 5) is -0.492. The van der Waals surface area contributed by atoms with E-state index in [0.717, 1.165) is 12.1 Å². The van der Waals surface area contributed by atoms with Gasteiger partial charge in [0.05, 0.1) is 6.20 Å². The van der Waals surface area contributed by atoms with Crippen molar-refractivity contribution in [2.24, 2.45) is 0 Å². The molecule has 1 aromatic carbocycles. The minimum absolute atomic E-state index is 0.141. The van der Waals surface area contributed by atoms with Gasteiger partial charge in [0.2, 0.25) is 10.0 Å². The van der Waals surface area contributed by atoms with Crippen LogP contribution in [0.2, 0.25) is 0 Å². The summed E-state index contributed by atoms with van der Waals surface area (Å²) in [6, 6.07) is 1.54. The van der Waals surface area contributed by atoms with Crippen molar-refractivity contribution in [2.45, 2.75) is 17.9 Å². The highest BCUT2D eigenvalue weighted by atomic mass is 79.9. The number of benzene rings is 1. The molecule has 0 aliphatic heterocycles. The molecule has 1 aromatic heterocycles. The molecule has 0 bridgehead atoms. The molecule has 0 saturated carbocycles. The number of H-pyrrole nitrogens is 1. The number of rotatable bonds is 4. The number of nitrogen functional groups attached to an aromatic ring is 1. The van der Waals surface area contributed by atoms with Crippen molar-refractivity contribution in [2.75, 3.05) is 5.73 Å². The fourth-order valence-electron chi connectivity index (χ4n) is 1.61. The van der Waals surface area contributed by atoms with E-state index in [9.17, 15) is 12.8 Å². The van der Waals surface area contributed by atoms with Gasteiger partial charge in [0.1, 0.15) is 10.7 Å². The first-order valence-electron chi connectivity index (χ1n) is 5.57. The van der Waals surface area contributed by atoms with Crippen LogP contribution in [0.15, 0.2) is 33.9 Å². The molecular formula is C11H12BrFN4O2S. The Morgan fingerprint density at radius 3 is 2.80 bits per heavy atom. The standard InChI is InChI=1S/C11H12BrFN4O2S/c1-6(7-4-15-16-5-7)17-20(18,19)11-3-10(14)8(12)2-9(11)13/h2-6,17H,14H2,1H3,(H,15,16). The fraction of sp³-hybridized carbons (Fsp3) is 0.182. The number of hydrogen-bond donors (Lipinski definition) is 3. The van der Waals surface area contributed by atoms with Crippen LogP contribution in [0.5, 0.6) is 0 Å². The average molecular weight is 363 g/mol. The lowest BCUT2D eigenvalue weighted by Gasteiger charge is -2.14. The topological polar surface area (TPSA) is 101 Å². The monoisotopic (exact) mass is 362 g/mol. The Bertz CT molecular complexity index is 718. The second-order valence-corrected chi connectivity index (χ2v) is 6.72. The third kappa shape index (κ3) is 3.00. The van der Waals surface area contributed by atoms with Gasteiger partial charge in [-0.3, -0.25) is 5.10 Å². The number of halogens is 2. The first-order chi connectivity index (χ1) is 9.31. The Hall–Kier alpha value is -1.45. The summed E-state index contributed by atoms with van der Waals surface area (Å²) in [5.41, 5.74) is 6.37. The van der Waals surface area contributed by atoms with Crippen LogP contribution in [0.4, 0.5) is 10.1 Å². The van der Waals surface area contributed by atoms with Gasteiger partial charge in [0.25, 0.3) is 0 Å². The Labute approximate surface area is 123 Å². The lowest BCUT2D eigenvalue weighted by atomic mass is 10.2. The molecule has 1 heterocycles. The Morgan fingerprint density at radius 1 is 1.50 bits per heavy atom. The van der Waals surface area contributed by atoms with Crippen molar-refractivity contribution in [1.29, 1.82) is 0 Å². The number of sulfonamides is 1. The van der Waals surface area contributed by atoms with Crippen molar-refractivity contribution < 1.29 is 12.8 Å². The van der Waals surface area contributed by atoms with Gasteiger partial charge >= 0.3 is 0 Å². The van der Waals surface area contributed by atoms with E-state index in [-0.39, 0.29) is 5.69 Å². The van der Waals surface area contributed by atoms with Crippen molar-refractivity contribution in [3.05, 3.63) is 40.4 Å². The first kappa shape index (κ1) is 14.9. The number of anilines is 1. The van der Waals surface area contributed by atoms with Crippen LogP contribution in [0.3, 0.4) is 0 Å². The molecule has 1 unspecified atom stereocenters. The van der Waals surface area contributed by atoms with Crippen molar-refractivity contribution in [1.82, 2.24) is 14.9 Å². The van der Waals surface area contributed by atoms with Gasteiger partial charge in [-0.15, -0.1) is 0 Å². The normalized spacial score (nSPS) is 13.3. The smallest absolute Gasteiger partial charge is 0.244 e. The lowest BCUT2D eigenvalue weighted by molar-refractivity contribution is 0.547. The number of nitrogens with two attached hydrogens (primary N) is 1. The summed E-state index contributed by atoms with van der Waals surface area (Å²) in [5, 5.41) is 6.31. The predicted molar refractivity (Wildman–Crippen MR) is 75.8 cm³/mol. The molecule has 1 atom stereocenters. The van der Waals surface area contributed by atoms with Gasteiger partial charge in [-0.05, 0) is 35.0 Å². The molecule has 0 aliphatic rings. The van der Waals surface area contributed by atoms with Gasteiger partial charge in [0.15, 0.2) is 0 Å². The van der Waals surface area contributed by atoms with Crippen LogP contribution in [0.1, 0.15) is 18.5 Å². The summed E-state index contributed by atoms with van der Waals surface area (Å²) in [6.45, 7) is 1.63. The molecule has 0 fully saturated rings. The molecule has 0 saturated heterocycles. The highest BCUT2D eigenvalue weighted by Crippen LogP contribution is 2.27.